The maximum atomic E-state index is 11.2. The molecule has 0 radical (unpaired) electrons. The first kappa shape index (κ1) is 9.94. The SMILES string of the molecule is CCONC(=O)c1cnc(NC)s1. The number of rotatable bonds is 4. The number of hydrogen-bond acceptors (Lipinski definition) is 5. The summed E-state index contributed by atoms with van der Waals surface area (Å²) in [7, 11) is 1.75. The largest absolute Gasteiger partial charge is 0.365 e. The van der Waals surface area contributed by atoms with E-state index in [1.807, 2.05) is 0 Å². The fraction of sp³-hybridized carbons (Fsp3) is 0.429. The molecule has 2 N–H and O–H groups in total. The molecule has 0 saturated carbocycles. The van der Waals surface area contributed by atoms with Gasteiger partial charge in [-0.25, -0.2) is 10.5 Å². The predicted molar refractivity (Wildman–Crippen MR) is 50.8 cm³/mol. The topological polar surface area (TPSA) is 63.2 Å². The number of carbonyl (C=O) groups is 1. The van der Waals surface area contributed by atoms with Crippen LogP contribution in [-0.4, -0.2) is 24.5 Å². The van der Waals surface area contributed by atoms with Gasteiger partial charge in [-0.15, -0.1) is 0 Å². The third-order valence-corrected chi connectivity index (χ3v) is 2.27. The smallest absolute Gasteiger partial charge is 0.286 e. The van der Waals surface area contributed by atoms with Gasteiger partial charge in [-0.1, -0.05) is 11.3 Å². The second kappa shape index (κ2) is 4.78. The zero-order valence-electron chi connectivity index (χ0n) is 7.46. The lowest BCUT2D eigenvalue weighted by molar-refractivity contribution is 0.0368. The number of nitrogens with one attached hydrogen (secondary N) is 2. The molecule has 13 heavy (non-hydrogen) atoms. The normalized spacial score (nSPS) is 9.69. The predicted octanol–water partition coefficient (Wildman–Crippen LogP) is 0.866. The summed E-state index contributed by atoms with van der Waals surface area (Å²) in [6.07, 6.45) is 1.50. The van der Waals surface area contributed by atoms with Gasteiger partial charge < -0.3 is 5.32 Å². The van der Waals surface area contributed by atoms with Crippen LogP contribution in [-0.2, 0) is 4.84 Å². The molecule has 0 aromatic carbocycles. The molecule has 72 valence electrons. The molecule has 0 unspecified atom stereocenters. The standard InChI is InChI=1S/C7H11N3O2S/c1-3-12-10-6(11)5-4-9-7(8-2)13-5/h4H,3H2,1-2H3,(H,8,9)(H,10,11). The lowest BCUT2D eigenvalue weighted by Crippen LogP contribution is -2.22. The molecule has 1 heterocycles. The van der Waals surface area contributed by atoms with Gasteiger partial charge in [0.25, 0.3) is 5.91 Å². The number of amides is 1. The summed E-state index contributed by atoms with van der Waals surface area (Å²) in [5, 5.41) is 3.55. The van der Waals surface area contributed by atoms with Crippen molar-refractivity contribution in [2.45, 2.75) is 6.92 Å². The van der Waals surface area contributed by atoms with Crippen LogP contribution in [0.15, 0.2) is 6.20 Å². The van der Waals surface area contributed by atoms with Crippen LogP contribution in [0.5, 0.6) is 0 Å². The molecule has 0 atom stereocenters. The molecular weight excluding hydrogens is 190 g/mol. The first-order valence-electron chi connectivity index (χ1n) is 3.83. The van der Waals surface area contributed by atoms with Crippen molar-refractivity contribution in [2.75, 3.05) is 19.0 Å². The average Bonchev–Trinajstić information content (AvgIpc) is 2.62. The average molecular weight is 201 g/mol. The Bertz CT molecular complexity index is 287. The van der Waals surface area contributed by atoms with Gasteiger partial charge in [-0.3, -0.25) is 9.63 Å². The Balaban J connectivity index is 2.55. The first-order valence-corrected chi connectivity index (χ1v) is 4.65. The Kier molecular flexibility index (Phi) is 3.66. The molecule has 0 saturated heterocycles. The minimum atomic E-state index is -0.263. The van der Waals surface area contributed by atoms with E-state index in [4.69, 9.17) is 4.84 Å². The van der Waals surface area contributed by atoms with E-state index in [1.54, 1.807) is 14.0 Å². The first-order chi connectivity index (χ1) is 6.27. The minimum absolute atomic E-state index is 0.263. The number of carbonyl (C=O) groups excluding carboxylic acids is 1. The van der Waals surface area contributed by atoms with Crippen LogP contribution in [0.2, 0.25) is 0 Å². The van der Waals surface area contributed by atoms with Gasteiger partial charge in [0, 0.05) is 7.05 Å². The van der Waals surface area contributed by atoms with E-state index in [1.165, 1.54) is 17.5 Å². The molecule has 5 nitrogen and oxygen atoms in total. The molecule has 0 bridgehead atoms. The fourth-order valence-corrected chi connectivity index (χ4v) is 1.34. The van der Waals surface area contributed by atoms with E-state index in [-0.39, 0.29) is 5.91 Å². The quantitative estimate of drug-likeness (QED) is 0.709. The minimum Gasteiger partial charge on any atom is -0.365 e. The van der Waals surface area contributed by atoms with Crippen LogP contribution < -0.4 is 10.8 Å². The lowest BCUT2D eigenvalue weighted by atomic mass is 10.5. The molecule has 0 aliphatic rings. The molecule has 6 heteroatoms. The van der Waals surface area contributed by atoms with Crippen LogP contribution in [0, 0.1) is 0 Å². The van der Waals surface area contributed by atoms with Gasteiger partial charge >= 0.3 is 0 Å². The van der Waals surface area contributed by atoms with Gasteiger partial charge in [0.1, 0.15) is 4.88 Å². The van der Waals surface area contributed by atoms with Crippen LogP contribution in [0.3, 0.4) is 0 Å². The number of hydrogen-bond donors (Lipinski definition) is 2. The van der Waals surface area contributed by atoms with Gasteiger partial charge in [0.15, 0.2) is 5.13 Å². The number of hydroxylamine groups is 1. The van der Waals surface area contributed by atoms with Gasteiger partial charge in [0.2, 0.25) is 0 Å². The van der Waals surface area contributed by atoms with E-state index in [2.05, 4.69) is 15.8 Å². The number of anilines is 1. The highest BCUT2D eigenvalue weighted by Gasteiger charge is 2.08. The van der Waals surface area contributed by atoms with Gasteiger partial charge in [-0.2, -0.15) is 0 Å². The Morgan fingerprint density at radius 2 is 2.54 bits per heavy atom. The molecule has 1 amide bonds. The summed E-state index contributed by atoms with van der Waals surface area (Å²) >= 11 is 1.28. The second-order valence-electron chi connectivity index (χ2n) is 2.14. The van der Waals surface area contributed by atoms with Gasteiger partial charge in [0.05, 0.1) is 12.8 Å². The maximum Gasteiger partial charge on any atom is 0.286 e. The highest BCUT2D eigenvalue weighted by molar-refractivity contribution is 7.17. The Morgan fingerprint density at radius 3 is 3.08 bits per heavy atom. The second-order valence-corrected chi connectivity index (χ2v) is 3.17. The monoisotopic (exact) mass is 201 g/mol. The van der Waals surface area contributed by atoms with Crippen LogP contribution in [0.25, 0.3) is 0 Å². The molecule has 0 aliphatic heterocycles. The van der Waals surface area contributed by atoms with E-state index in [0.29, 0.717) is 16.6 Å². The molecule has 1 rings (SSSR count). The summed E-state index contributed by atoms with van der Waals surface area (Å²) in [4.78, 5) is 20.5. The van der Waals surface area contributed by atoms with Crippen molar-refractivity contribution in [3.05, 3.63) is 11.1 Å². The van der Waals surface area contributed by atoms with E-state index < -0.39 is 0 Å². The van der Waals surface area contributed by atoms with Gasteiger partial charge in [-0.05, 0) is 6.92 Å². The highest BCUT2D eigenvalue weighted by Crippen LogP contribution is 2.16. The van der Waals surface area contributed by atoms with Crippen molar-refractivity contribution < 1.29 is 9.63 Å². The Hall–Kier alpha value is -1.14. The molecule has 0 aliphatic carbocycles. The lowest BCUT2D eigenvalue weighted by Gasteiger charge is -1.99. The van der Waals surface area contributed by atoms with Crippen LogP contribution in [0.1, 0.15) is 16.6 Å². The summed E-state index contributed by atoms with van der Waals surface area (Å²) < 4.78 is 0. The summed E-state index contributed by atoms with van der Waals surface area (Å²) in [6.45, 7) is 2.25. The Morgan fingerprint density at radius 1 is 1.77 bits per heavy atom. The highest BCUT2D eigenvalue weighted by atomic mass is 32.1. The van der Waals surface area contributed by atoms with E-state index in [9.17, 15) is 4.79 Å². The van der Waals surface area contributed by atoms with Crippen LogP contribution in [0.4, 0.5) is 5.13 Å². The third kappa shape index (κ3) is 2.67. The van der Waals surface area contributed by atoms with Crippen molar-refractivity contribution >= 4 is 22.4 Å². The zero-order valence-corrected chi connectivity index (χ0v) is 8.27. The van der Waals surface area contributed by atoms with E-state index >= 15 is 0 Å². The van der Waals surface area contributed by atoms with Crippen molar-refractivity contribution in [1.82, 2.24) is 10.5 Å². The van der Waals surface area contributed by atoms with Crippen molar-refractivity contribution in [2.24, 2.45) is 0 Å². The number of nitrogens with zero attached hydrogens (tertiary/aromatic N) is 1. The number of thiazole rings is 1. The fourth-order valence-electron chi connectivity index (χ4n) is 0.683. The maximum absolute atomic E-state index is 11.2. The summed E-state index contributed by atoms with van der Waals surface area (Å²) in [6, 6.07) is 0. The summed E-state index contributed by atoms with van der Waals surface area (Å²) in [5.41, 5.74) is 2.29. The van der Waals surface area contributed by atoms with Crippen molar-refractivity contribution in [3.63, 3.8) is 0 Å². The number of aromatic nitrogens is 1. The van der Waals surface area contributed by atoms with Crippen molar-refractivity contribution in [1.29, 1.82) is 0 Å². The Labute approximate surface area is 80.1 Å². The molecule has 1 aromatic heterocycles. The summed E-state index contributed by atoms with van der Waals surface area (Å²) in [5.74, 6) is -0.263. The van der Waals surface area contributed by atoms with Crippen molar-refractivity contribution in [3.8, 4) is 0 Å². The molecule has 0 fully saturated rings. The van der Waals surface area contributed by atoms with Crippen LogP contribution >= 0.6 is 11.3 Å². The molecule has 0 spiro atoms. The zero-order chi connectivity index (χ0) is 9.68. The van der Waals surface area contributed by atoms with E-state index in [0.717, 1.165) is 0 Å². The molecule has 1 aromatic rings. The molecular formula is C7H11N3O2S. The third-order valence-electron chi connectivity index (χ3n) is 1.25.